The van der Waals surface area contributed by atoms with Crippen LogP contribution in [0.4, 0.5) is 0 Å². The maximum absolute atomic E-state index is 5.61. The van der Waals surface area contributed by atoms with Crippen LogP contribution in [0.15, 0.2) is 24.4 Å². The number of hydrogen-bond acceptors (Lipinski definition) is 5. The van der Waals surface area contributed by atoms with E-state index in [0.717, 1.165) is 26.9 Å². The second-order valence-electron chi connectivity index (χ2n) is 3.86. The van der Waals surface area contributed by atoms with Crippen molar-refractivity contribution in [3.05, 3.63) is 29.3 Å². The van der Waals surface area contributed by atoms with Crippen LogP contribution in [0.1, 0.15) is 18.7 Å². The number of aromatic nitrogens is 1. The monoisotopic (exact) mass is 278 g/mol. The van der Waals surface area contributed by atoms with Crippen molar-refractivity contribution in [2.75, 3.05) is 13.2 Å². The summed E-state index contributed by atoms with van der Waals surface area (Å²) in [5.74, 6) is 1.52. The fraction of sp³-hybridized carbons (Fsp3) is 0.357. The molecular formula is C14H18N2O2S. The largest absolute Gasteiger partial charge is 0.490 e. The van der Waals surface area contributed by atoms with Gasteiger partial charge in [0.25, 0.3) is 0 Å². The molecule has 2 N–H and O–H groups in total. The first-order chi connectivity index (χ1) is 9.28. The van der Waals surface area contributed by atoms with Gasteiger partial charge in [-0.15, -0.1) is 11.3 Å². The molecule has 0 aliphatic rings. The normalized spacial score (nSPS) is 10.5. The molecule has 19 heavy (non-hydrogen) atoms. The van der Waals surface area contributed by atoms with Gasteiger partial charge in [0, 0.05) is 23.2 Å². The van der Waals surface area contributed by atoms with Crippen molar-refractivity contribution in [2.45, 2.75) is 20.4 Å². The number of nitrogens with zero attached hydrogens (tertiary/aromatic N) is 1. The Bertz CT molecular complexity index is 540. The molecule has 0 amide bonds. The van der Waals surface area contributed by atoms with Crippen molar-refractivity contribution < 1.29 is 9.47 Å². The van der Waals surface area contributed by atoms with Crippen molar-refractivity contribution in [2.24, 2.45) is 5.73 Å². The number of hydrogen-bond donors (Lipinski definition) is 1. The van der Waals surface area contributed by atoms with Crippen LogP contribution in [-0.4, -0.2) is 18.2 Å². The van der Waals surface area contributed by atoms with E-state index in [-0.39, 0.29) is 0 Å². The van der Waals surface area contributed by atoms with Gasteiger partial charge in [-0.3, -0.25) is 0 Å². The van der Waals surface area contributed by atoms with Gasteiger partial charge < -0.3 is 15.2 Å². The van der Waals surface area contributed by atoms with Crippen LogP contribution in [0.2, 0.25) is 0 Å². The average molecular weight is 278 g/mol. The molecule has 5 heteroatoms. The predicted octanol–water partition coefficient (Wildman–Crippen LogP) is 3.07. The van der Waals surface area contributed by atoms with Gasteiger partial charge in [-0.2, -0.15) is 0 Å². The van der Waals surface area contributed by atoms with E-state index in [1.54, 1.807) is 11.3 Å². The summed E-state index contributed by atoms with van der Waals surface area (Å²) >= 11 is 1.60. The van der Waals surface area contributed by atoms with Gasteiger partial charge in [0.2, 0.25) is 0 Å². The van der Waals surface area contributed by atoms with E-state index < -0.39 is 0 Å². The third-order valence-electron chi connectivity index (χ3n) is 2.55. The Kier molecular flexibility index (Phi) is 4.76. The second kappa shape index (κ2) is 6.54. The quantitative estimate of drug-likeness (QED) is 0.882. The van der Waals surface area contributed by atoms with Crippen molar-refractivity contribution in [1.82, 2.24) is 4.98 Å². The first-order valence-electron chi connectivity index (χ1n) is 6.33. The van der Waals surface area contributed by atoms with Crippen molar-refractivity contribution in [3.63, 3.8) is 0 Å². The molecule has 0 saturated heterocycles. The summed E-state index contributed by atoms with van der Waals surface area (Å²) in [5.41, 5.74) is 6.63. The van der Waals surface area contributed by atoms with E-state index >= 15 is 0 Å². The lowest BCUT2D eigenvalue weighted by Gasteiger charge is -2.11. The lowest BCUT2D eigenvalue weighted by molar-refractivity contribution is 0.288. The third kappa shape index (κ3) is 3.24. The summed E-state index contributed by atoms with van der Waals surface area (Å²) in [4.78, 5) is 5.45. The molecule has 102 valence electrons. The minimum absolute atomic E-state index is 0.521. The lowest BCUT2D eigenvalue weighted by Crippen LogP contribution is -1.98. The number of rotatable bonds is 6. The number of thiazole rings is 1. The van der Waals surface area contributed by atoms with Gasteiger partial charge in [0.1, 0.15) is 5.01 Å². The summed E-state index contributed by atoms with van der Waals surface area (Å²) in [6.45, 7) is 5.66. The van der Waals surface area contributed by atoms with Crippen molar-refractivity contribution in [1.29, 1.82) is 0 Å². The summed E-state index contributed by atoms with van der Waals surface area (Å²) in [5, 5.41) is 0.949. The summed E-state index contributed by atoms with van der Waals surface area (Å²) in [6, 6.07) is 5.88. The number of benzene rings is 1. The molecule has 0 atom stereocenters. The third-order valence-corrected chi connectivity index (χ3v) is 3.61. The molecule has 0 fully saturated rings. The summed E-state index contributed by atoms with van der Waals surface area (Å²) in [7, 11) is 0. The molecule has 0 radical (unpaired) electrons. The highest BCUT2D eigenvalue weighted by molar-refractivity contribution is 7.15. The highest BCUT2D eigenvalue weighted by Crippen LogP contribution is 2.34. The number of ether oxygens (including phenoxy) is 2. The Balaban J connectivity index is 2.33. The first-order valence-corrected chi connectivity index (χ1v) is 7.14. The minimum atomic E-state index is 0.521. The van der Waals surface area contributed by atoms with Crippen molar-refractivity contribution in [3.8, 4) is 22.1 Å². The highest BCUT2D eigenvalue weighted by atomic mass is 32.1. The van der Waals surface area contributed by atoms with Crippen LogP contribution >= 0.6 is 11.3 Å². The van der Waals surface area contributed by atoms with Gasteiger partial charge in [0.15, 0.2) is 11.5 Å². The molecule has 2 aromatic rings. The van der Waals surface area contributed by atoms with Crippen LogP contribution in [0.3, 0.4) is 0 Å². The zero-order valence-electron chi connectivity index (χ0n) is 11.2. The van der Waals surface area contributed by atoms with Gasteiger partial charge in [0.05, 0.1) is 13.2 Å². The van der Waals surface area contributed by atoms with Gasteiger partial charge >= 0.3 is 0 Å². The van der Waals surface area contributed by atoms with Crippen LogP contribution in [0.25, 0.3) is 10.6 Å². The topological polar surface area (TPSA) is 57.4 Å². The van der Waals surface area contributed by atoms with E-state index in [1.807, 2.05) is 38.2 Å². The van der Waals surface area contributed by atoms with Gasteiger partial charge in [-0.25, -0.2) is 4.98 Å². The fourth-order valence-corrected chi connectivity index (χ4v) is 2.51. The van der Waals surface area contributed by atoms with Crippen LogP contribution in [-0.2, 0) is 6.54 Å². The molecular weight excluding hydrogens is 260 g/mol. The summed E-state index contributed by atoms with van der Waals surface area (Å²) in [6.07, 6.45) is 1.82. The smallest absolute Gasteiger partial charge is 0.161 e. The van der Waals surface area contributed by atoms with Crippen molar-refractivity contribution >= 4 is 11.3 Å². The Labute approximate surface area is 117 Å². The SMILES string of the molecule is CCOc1ccc(-c2ncc(CN)s2)cc1OCC. The van der Waals surface area contributed by atoms with Crippen LogP contribution < -0.4 is 15.2 Å². The molecule has 4 nitrogen and oxygen atoms in total. The molecule has 0 aliphatic carbocycles. The van der Waals surface area contributed by atoms with E-state index in [9.17, 15) is 0 Å². The number of nitrogens with two attached hydrogens (primary N) is 1. The Morgan fingerprint density at radius 2 is 1.89 bits per heavy atom. The van der Waals surface area contributed by atoms with Gasteiger partial charge in [-0.05, 0) is 32.0 Å². The second-order valence-corrected chi connectivity index (χ2v) is 4.98. The van der Waals surface area contributed by atoms with Crippen LogP contribution in [0.5, 0.6) is 11.5 Å². The van der Waals surface area contributed by atoms with Crippen LogP contribution in [0, 0.1) is 0 Å². The van der Waals surface area contributed by atoms with E-state index in [0.29, 0.717) is 19.8 Å². The van der Waals surface area contributed by atoms with Gasteiger partial charge in [-0.1, -0.05) is 0 Å². The van der Waals surface area contributed by atoms with E-state index in [1.165, 1.54) is 0 Å². The standard InChI is InChI=1S/C14H18N2O2S/c1-3-17-12-6-5-10(7-13(12)18-4-2)14-16-9-11(8-15)19-14/h5-7,9H,3-4,8,15H2,1-2H3. The Morgan fingerprint density at radius 3 is 2.53 bits per heavy atom. The zero-order chi connectivity index (χ0) is 13.7. The molecule has 1 heterocycles. The molecule has 0 unspecified atom stereocenters. The summed E-state index contributed by atoms with van der Waals surface area (Å²) < 4.78 is 11.2. The molecule has 0 aliphatic heterocycles. The van der Waals surface area contributed by atoms with E-state index in [2.05, 4.69) is 4.98 Å². The first kappa shape index (κ1) is 13.8. The highest BCUT2D eigenvalue weighted by Gasteiger charge is 2.10. The average Bonchev–Trinajstić information content (AvgIpc) is 2.90. The molecule has 2 rings (SSSR count). The molecule has 0 saturated carbocycles. The molecule has 0 spiro atoms. The molecule has 1 aromatic heterocycles. The Hall–Kier alpha value is -1.59. The molecule has 1 aromatic carbocycles. The zero-order valence-corrected chi connectivity index (χ0v) is 12.0. The lowest BCUT2D eigenvalue weighted by atomic mass is 10.2. The maximum atomic E-state index is 5.61. The minimum Gasteiger partial charge on any atom is -0.490 e. The Morgan fingerprint density at radius 1 is 1.16 bits per heavy atom. The maximum Gasteiger partial charge on any atom is 0.161 e. The predicted molar refractivity (Wildman–Crippen MR) is 77.8 cm³/mol. The molecule has 0 bridgehead atoms. The fourth-order valence-electron chi connectivity index (χ4n) is 1.72. The van der Waals surface area contributed by atoms with E-state index in [4.69, 9.17) is 15.2 Å².